The maximum atomic E-state index is 4.94. The highest BCUT2D eigenvalue weighted by Gasteiger charge is 2.52. The van der Waals surface area contributed by atoms with Crippen molar-refractivity contribution in [2.75, 3.05) is 0 Å². The van der Waals surface area contributed by atoms with Gasteiger partial charge in [0.25, 0.3) is 5.79 Å². The van der Waals surface area contributed by atoms with Gasteiger partial charge in [0, 0.05) is 22.4 Å². The van der Waals surface area contributed by atoms with Crippen LogP contribution in [0.2, 0.25) is 0 Å². The molecule has 1 saturated heterocycles. The third-order valence-corrected chi connectivity index (χ3v) is 2.74. The molecule has 0 atom stereocenters. The zero-order chi connectivity index (χ0) is 8.73. The van der Waals surface area contributed by atoms with E-state index in [1.807, 2.05) is 24.3 Å². The van der Waals surface area contributed by atoms with E-state index in [4.69, 9.17) is 9.78 Å². The molecule has 2 heterocycles. The first-order valence-electron chi connectivity index (χ1n) is 3.83. The number of nitrogens with zero attached hydrogens (tertiary/aromatic N) is 1. The molecule has 13 heavy (non-hydrogen) atoms. The van der Waals surface area contributed by atoms with Crippen molar-refractivity contribution in [3.05, 3.63) is 29.8 Å². The molecule has 66 valence electrons. The molecule has 3 rings (SSSR count). The highest BCUT2D eigenvalue weighted by molar-refractivity contribution is 7.97. The summed E-state index contributed by atoms with van der Waals surface area (Å²) in [6.07, 6.45) is 1.62. The van der Waals surface area contributed by atoms with E-state index in [1.165, 1.54) is 11.9 Å². The number of hydrazone groups is 1. The molecule has 0 aliphatic carbocycles. The average molecular weight is 194 g/mol. The van der Waals surface area contributed by atoms with Crippen LogP contribution in [0.4, 0.5) is 0 Å². The van der Waals surface area contributed by atoms with Crippen LogP contribution in [0.1, 0.15) is 5.56 Å². The molecular weight excluding hydrogens is 188 g/mol. The van der Waals surface area contributed by atoms with Crippen molar-refractivity contribution in [1.82, 2.24) is 4.83 Å². The molecule has 0 amide bonds. The Bertz CT molecular complexity index is 376. The molecule has 1 aromatic carbocycles. The number of benzene rings is 1. The minimum absolute atomic E-state index is 0.729. The summed E-state index contributed by atoms with van der Waals surface area (Å²) in [7, 11) is 0. The van der Waals surface area contributed by atoms with E-state index < -0.39 is 5.79 Å². The van der Waals surface area contributed by atoms with Crippen molar-refractivity contribution < 1.29 is 9.78 Å². The second-order valence-electron chi connectivity index (χ2n) is 2.78. The van der Waals surface area contributed by atoms with Gasteiger partial charge in [-0.15, -0.1) is 0 Å². The van der Waals surface area contributed by atoms with E-state index in [1.54, 1.807) is 6.21 Å². The lowest BCUT2D eigenvalue weighted by atomic mass is 10.1. The minimum atomic E-state index is -0.729. The van der Waals surface area contributed by atoms with Gasteiger partial charge in [0.2, 0.25) is 0 Å². The first-order chi connectivity index (χ1) is 6.41. The average Bonchev–Trinajstić information content (AvgIpc) is 2.96. The normalized spacial score (nSPS) is 21.8. The summed E-state index contributed by atoms with van der Waals surface area (Å²) in [6, 6.07) is 7.88. The third-order valence-electron chi connectivity index (χ3n) is 1.97. The highest BCUT2D eigenvalue weighted by atomic mass is 32.2. The maximum Gasteiger partial charge on any atom is 0.297 e. The lowest BCUT2D eigenvalue weighted by Crippen LogP contribution is -2.09. The standard InChI is InChI=1S/C8H6N2O2S/c1-2-4-7-6(3-1)8(11-12-8)5-9-10-13-7/h1-5,10H. The second kappa shape index (κ2) is 2.47. The first-order valence-corrected chi connectivity index (χ1v) is 4.65. The van der Waals surface area contributed by atoms with E-state index in [0.717, 1.165) is 10.5 Å². The summed E-state index contributed by atoms with van der Waals surface area (Å²) in [5, 5.41) is 3.94. The van der Waals surface area contributed by atoms with Crippen molar-refractivity contribution in [1.29, 1.82) is 0 Å². The van der Waals surface area contributed by atoms with Crippen LogP contribution >= 0.6 is 11.9 Å². The molecule has 0 radical (unpaired) electrons. The molecular formula is C8H6N2O2S. The molecule has 1 fully saturated rings. The van der Waals surface area contributed by atoms with Crippen LogP contribution in [0, 0.1) is 0 Å². The Labute approximate surface area is 79.0 Å². The summed E-state index contributed by atoms with van der Waals surface area (Å²) in [4.78, 5) is 13.8. The molecule has 0 aromatic heterocycles. The largest absolute Gasteiger partial charge is 0.297 e. The Morgan fingerprint density at radius 1 is 1.31 bits per heavy atom. The van der Waals surface area contributed by atoms with Crippen molar-refractivity contribution in [3.63, 3.8) is 0 Å². The van der Waals surface area contributed by atoms with E-state index in [-0.39, 0.29) is 0 Å². The zero-order valence-corrected chi connectivity index (χ0v) is 7.38. The van der Waals surface area contributed by atoms with Gasteiger partial charge in [0.1, 0.15) is 0 Å². The van der Waals surface area contributed by atoms with Gasteiger partial charge in [-0.2, -0.15) is 14.9 Å². The zero-order valence-electron chi connectivity index (χ0n) is 6.56. The van der Waals surface area contributed by atoms with Crippen molar-refractivity contribution >= 4 is 18.2 Å². The van der Waals surface area contributed by atoms with Crippen LogP contribution in [0.5, 0.6) is 0 Å². The predicted molar refractivity (Wildman–Crippen MR) is 47.8 cm³/mol. The molecule has 1 aromatic rings. The predicted octanol–water partition coefficient (Wildman–Crippen LogP) is 1.40. The van der Waals surface area contributed by atoms with Crippen LogP contribution in [0.15, 0.2) is 34.3 Å². The van der Waals surface area contributed by atoms with Gasteiger partial charge in [-0.05, 0) is 6.07 Å². The summed E-state index contributed by atoms with van der Waals surface area (Å²) < 4.78 is 0. The fourth-order valence-corrected chi connectivity index (χ4v) is 1.95. The number of fused-ring (bicyclic) bond motifs is 2. The van der Waals surface area contributed by atoms with Gasteiger partial charge in [-0.3, -0.25) is 0 Å². The van der Waals surface area contributed by atoms with Crippen molar-refractivity contribution in [3.8, 4) is 0 Å². The van der Waals surface area contributed by atoms with Gasteiger partial charge in [0.15, 0.2) is 0 Å². The Kier molecular flexibility index (Phi) is 1.40. The van der Waals surface area contributed by atoms with Gasteiger partial charge >= 0.3 is 0 Å². The Hall–Kier alpha value is -1.04. The van der Waals surface area contributed by atoms with Gasteiger partial charge in [-0.1, -0.05) is 18.2 Å². The highest BCUT2D eigenvalue weighted by Crippen LogP contribution is 2.43. The second-order valence-corrected chi connectivity index (χ2v) is 3.61. The van der Waals surface area contributed by atoms with Gasteiger partial charge in [0.05, 0.1) is 6.21 Å². The van der Waals surface area contributed by atoms with Crippen LogP contribution in [0.25, 0.3) is 0 Å². The molecule has 0 unspecified atom stereocenters. The Morgan fingerprint density at radius 2 is 2.15 bits per heavy atom. The van der Waals surface area contributed by atoms with Crippen LogP contribution in [0.3, 0.4) is 0 Å². The number of hydrogen-bond donors (Lipinski definition) is 1. The number of hydrogen-bond acceptors (Lipinski definition) is 5. The van der Waals surface area contributed by atoms with E-state index in [0.29, 0.717) is 0 Å². The van der Waals surface area contributed by atoms with Gasteiger partial charge in [-0.25, -0.2) is 4.83 Å². The first kappa shape index (κ1) is 7.37. The summed E-state index contributed by atoms with van der Waals surface area (Å²) in [5.74, 6) is -0.729. The van der Waals surface area contributed by atoms with Crippen molar-refractivity contribution in [2.24, 2.45) is 5.10 Å². The summed E-state index contributed by atoms with van der Waals surface area (Å²) in [6.45, 7) is 0. The van der Waals surface area contributed by atoms with Crippen LogP contribution in [-0.4, -0.2) is 6.21 Å². The smallest absolute Gasteiger partial charge is 0.247 e. The summed E-state index contributed by atoms with van der Waals surface area (Å²) in [5.41, 5.74) is 0.994. The minimum Gasteiger partial charge on any atom is -0.247 e. The molecule has 1 spiro atoms. The van der Waals surface area contributed by atoms with E-state index in [2.05, 4.69) is 9.93 Å². The third kappa shape index (κ3) is 1.05. The molecule has 4 nitrogen and oxygen atoms in total. The topological polar surface area (TPSA) is 49.5 Å². The lowest BCUT2D eigenvalue weighted by molar-refractivity contribution is 0.0850. The number of nitrogens with one attached hydrogen (secondary N) is 1. The molecule has 2 aliphatic heterocycles. The molecule has 1 N–H and O–H groups in total. The Morgan fingerprint density at radius 3 is 3.00 bits per heavy atom. The van der Waals surface area contributed by atoms with Crippen molar-refractivity contribution in [2.45, 2.75) is 10.7 Å². The quantitative estimate of drug-likeness (QED) is 0.385. The fourth-order valence-electron chi connectivity index (χ4n) is 1.28. The molecule has 0 bridgehead atoms. The maximum absolute atomic E-state index is 4.94. The van der Waals surface area contributed by atoms with Crippen LogP contribution in [-0.2, 0) is 15.6 Å². The molecule has 2 aliphatic rings. The lowest BCUT2D eigenvalue weighted by Gasteiger charge is -2.03. The summed E-state index contributed by atoms with van der Waals surface area (Å²) >= 11 is 1.44. The monoisotopic (exact) mass is 194 g/mol. The molecule has 5 heteroatoms. The van der Waals surface area contributed by atoms with Crippen LogP contribution < -0.4 is 4.83 Å². The van der Waals surface area contributed by atoms with E-state index in [9.17, 15) is 0 Å². The SMILES string of the molecule is C1=NNSc2ccccc2C12OO2. The Balaban J connectivity index is 2.18. The van der Waals surface area contributed by atoms with E-state index >= 15 is 0 Å². The van der Waals surface area contributed by atoms with Gasteiger partial charge < -0.3 is 0 Å². The number of rotatable bonds is 0. The fraction of sp³-hybridized carbons (Fsp3) is 0.125. The molecule has 0 saturated carbocycles.